The van der Waals surface area contributed by atoms with Crippen molar-refractivity contribution in [2.75, 3.05) is 13.1 Å². The molecule has 2 rings (SSSR count). The highest BCUT2D eigenvalue weighted by Gasteiger charge is 2.10. The molecule has 0 aliphatic rings. The summed E-state index contributed by atoms with van der Waals surface area (Å²) in [4.78, 5) is 11.6. The van der Waals surface area contributed by atoms with Gasteiger partial charge in [0.25, 0.3) is 0 Å². The summed E-state index contributed by atoms with van der Waals surface area (Å²) >= 11 is 0. The third kappa shape index (κ3) is 4.82. The Morgan fingerprint density at radius 3 is 2.68 bits per heavy atom. The molecule has 1 aromatic carbocycles. The Hall–Kier alpha value is -1.92. The van der Waals surface area contributed by atoms with Gasteiger partial charge in [0.05, 0.1) is 11.4 Å². The smallest absolute Gasteiger partial charge is 0.224 e. The monoisotopic (exact) mass is 326 g/mol. The number of aromatic nitrogens is 2. The molecule has 22 heavy (non-hydrogen) atoms. The molecule has 0 fully saturated rings. The molecule has 0 saturated heterocycles. The molecule has 7 heteroatoms. The van der Waals surface area contributed by atoms with Crippen molar-refractivity contribution < 1.29 is 9.18 Å². The molecule has 1 atom stereocenters. The highest BCUT2D eigenvalue weighted by atomic mass is 35.5. The molecule has 1 heterocycles. The molecular formula is C15H20ClFN4O. The predicted molar refractivity (Wildman–Crippen MR) is 85.7 cm³/mol. The first-order chi connectivity index (χ1) is 10.1. The molecule has 1 amide bonds. The van der Waals surface area contributed by atoms with E-state index < -0.39 is 0 Å². The minimum atomic E-state index is -0.275. The minimum absolute atomic E-state index is 0. The van der Waals surface area contributed by atoms with Crippen molar-refractivity contribution in [1.29, 1.82) is 0 Å². The summed E-state index contributed by atoms with van der Waals surface area (Å²) in [5, 5.41) is 7.21. The Morgan fingerprint density at radius 2 is 2.05 bits per heavy atom. The zero-order valence-corrected chi connectivity index (χ0v) is 13.1. The second-order valence-electron chi connectivity index (χ2n) is 4.91. The van der Waals surface area contributed by atoms with Gasteiger partial charge in [-0.15, -0.1) is 12.4 Å². The predicted octanol–water partition coefficient (Wildman–Crippen LogP) is 1.69. The molecule has 2 aromatic rings. The lowest BCUT2D eigenvalue weighted by molar-refractivity contribution is -0.124. The van der Waals surface area contributed by atoms with Gasteiger partial charge in [-0.25, -0.2) is 9.07 Å². The Kier molecular flexibility index (Phi) is 7.01. The number of halogens is 2. The van der Waals surface area contributed by atoms with Gasteiger partial charge < -0.3 is 11.1 Å². The van der Waals surface area contributed by atoms with Crippen molar-refractivity contribution in [1.82, 2.24) is 15.1 Å². The van der Waals surface area contributed by atoms with Gasteiger partial charge in [-0.05, 0) is 30.3 Å². The van der Waals surface area contributed by atoms with Gasteiger partial charge in [-0.3, -0.25) is 4.79 Å². The van der Waals surface area contributed by atoms with Crippen LogP contribution in [0.1, 0.15) is 12.6 Å². The van der Waals surface area contributed by atoms with Crippen molar-refractivity contribution in [3.63, 3.8) is 0 Å². The van der Waals surface area contributed by atoms with Gasteiger partial charge in [0.1, 0.15) is 5.82 Å². The molecule has 0 aliphatic carbocycles. The highest BCUT2D eigenvalue weighted by molar-refractivity contribution is 5.85. The number of rotatable bonds is 6. The maximum atomic E-state index is 12.9. The zero-order chi connectivity index (χ0) is 15.2. The first kappa shape index (κ1) is 18.1. The molecule has 0 aliphatic heterocycles. The highest BCUT2D eigenvalue weighted by Crippen LogP contribution is 2.09. The number of carbonyl (C=O) groups is 1. The molecule has 5 nitrogen and oxygen atoms in total. The Balaban J connectivity index is 0.00000242. The van der Waals surface area contributed by atoms with Crippen molar-refractivity contribution in [3.8, 4) is 5.69 Å². The lowest BCUT2D eigenvalue weighted by Crippen LogP contribution is -2.34. The lowest BCUT2D eigenvalue weighted by Gasteiger charge is -2.08. The first-order valence-corrected chi connectivity index (χ1v) is 6.88. The molecule has 0 bridgehead atoms. The van der Waals surface area contributed by atoms with E-state index in [-0.39, 0.29) is 30.0 Å². The Morgan fingerprint density at radius 1 is 1.36 bits per heavy atom. The van der Waals surface area contributed by atoms with Gasteiger partial charge in [0.2, 0.25) is 5.91 Å². The van der Waals surface area contributed by atoms with Crippen LogP contribution in [0.15, 0.2) is 36.5 Å². The topological polar surface area (TPSA) is 72.9 Å². The first-order valence-electron chi connectivity index (χ1n) is 6.88. The van der Waals surface area contributed by atoms with Gasteiger partial charge in [-0.2, -0.15) is 5.10 Å². The molecule has 0 saturated carbocycles. The summed E-state index contributed by atoms with van der Waals surface area (Å²) in [5.41, 5.74) is 7.09. The van der Waals surface area contributed by atoms with Crippen LogP contribution in [-0.4, -0.2) is 28.8 Å². The van der Waals surface area contributed by atoms with Gasteiger partial charge in [-0.1, -0.05) is 6.92 Å². The summed E-state index contributed by atoms with van der Waals surface area (Å²) in [6.07, 6.45) is 2.45. The summed E-state index contributed by atoms with van der Waals surface area (Å²) in [7, 11) is 0. The minimum Gasteiger partial charge on any atom is -0.355 e. The number of nitrogens with two attached hydrogens (primary N) is 1. The van der Waals surface area contributed by atoms with E-state index in [1.807, 2.05) is 12.3 Å². The SMILES string of the molecule is CC(CN)C(=O)NCCc1ccn(-c2ccc(F)cc2)n1.Cl. The molecule has 0 radical (unpaired) electrons. The zero-order valence-electron chi connectivity index (χ0n) is 12.3. The summed E-state index contributed by atoms with van der Waals surface area (Å²) in [6.45, 7) is 2.65. The van der Waals surface area contributed by atoms with E-state index in [9.17, 15) is 9.18 Å². The van der Waals surface area contributed by atoms with Crippen LogP contribution in [0.2, 0.25) is 0 Å². The van der Waals surface area contributed by atoms with Crippen LogP contribution < -0.4 is 11.1 Å². The van der Waals surface area contributed by atoms with E-state index in [0.29, 0.717) is 19.5 Å². The number of carbonyl (C=O) groups excluding carboxylic acids is 1. The van der Waals surface area contributed by atoms with Gasteiger partial charge in [0.15, 0.2) is 0 Å². The van der Waals surface area contributed by atoms with Crippen molar-refractivity contribution in [3.05, 3.63) is 48.0 Å². The van der Waals surface area contributed by atoms with Crippen LogP contribution in [0.4, 0.5) is 4.39 Å². The van der Waals surface area contributed by atoms with Crippen molar-refractivity contribution in [2.24, 2.45) is 11.7 Å². The van der Waals surface area contributed by atoms with Crippen LogP contribution in [0.5, 0.6) is 0 Å². The fourth-order valence-corrected chi connectivity index (χ4v) is 1.83. The van der Waals surface area contributed by atoms with Crippen molar-refractivity contribution in [2.45, 2.75) is 13.3 Å². The lowest BCUT2D eigenvalue weighted by atomic mass is 10.1. The van der Waals surface area contributed by atoms with Crippen LogP contribution in [0.25, 0.3) is 5.69 Å². The van der Waals surface area contributed by atoms with E-state index >= 15 is 0 Å². The van der Waals surface area contributed by atoms with Crippen LogP contribution in [-0.2, 0) is 11.2 Å². The fraction of sp³-hybridized carbons (Fsp3) is 0.333. The van der Waals surface area contributed by atoms with Crippen LogP contribution in [0.3, 0.4) is 0 Å². The number of nitrogens with one attached hydrogen (secondary N) is 1. The third-order valence-electron chi connectivity index (χ3n) is 3.22. The second-order valence-corrected chi connectivity index (χ2v) is 4.91. The van der Waals surface area contributed by atoms with E-state index in [1.54, 1.807) is 23.7 Å². The van der Waals surface area contributed by atoms with E-state index in [0.717, 1.165) is 11.4 Å². The average molecular weight is 327 g/mol. The third-order valence-corrected chi connectivity index (χ3v) is 3.22. The quantitative estimate of drug-likeness (QED) is 0.848. The van der Waals surface area contributed by atoms with Crippen LogP contribution >= 0.6 is 12.4 Å². The van der Waals surface area contributed by atoms with E-state index in [2.05, 4.69) is 10.4 Å². The summed E-state index contributed by atoms with van der Waals surface area (Å²) in [6, 6.07) is 7.99. The largest absolute Gasteiger partial charge is 0.355 e. The Bertz CT molecular complexity index is 600. The molecule has 0 spiro atoms. The summed E-state index contributed by atoms with van der Waals surface area (Å²) in [5.74, 6) is -0.500. The Labute approximate surface area is 135 Å². The van der Waals surface area contributed by atoms with Gasteiger partial charge >= 0.3 is 0 Å². The van der Waals surface area contributed by atoms with Crippen LogP contribution in [0, 0.1) is 11.7 Å². The summed E-state index contributed by atoms with van der Waals surface area (Å²) < 4.78 is 14.5. The fourth-order valence-electron chi connectivity index (χ4n) is 1.83. The molecule has 120 valence electrons. The standard InChI is InChI=1S/C15H19FN4O.ClH/c1-11(10-17)15(21)18-8-6-13-7-9-20(19-13)14-4-2-12(16)3-5-14;/h2-5,7,9,11H,6,8,10,17H2,1H3,(H,18,21);1H. The van der Waals surface area contributed by atoms with E-state index in [4.69, 9.17) is 5.73 Å². The van der Waals surface area contributed by atoms with Gasteiger partial charge in [0, 0.05) is 31.6 Å². The molecule has 1 aromatic heterocycles. The molecule has 1 unspecified atom stereocenters. The number of hydrogen-bond acceptors (Lipinski definition) is 3. The maximum Gasteiger partial charge on any atom is 0.224 e. The second kappa shape index (κ2) is 8.51. The van der Waals surface area contributed by atoms with E-state index in [1.165, 1.54) is 12.1 Å². The average Bonchev–Trinajstić information content (AvgIpc) is 2.95. The van der Waals surface area contributed by atoms with Crippen molar-refractivity contribution >= 4 is 18.3 Å². The molecular weight excluding hydrogens is 307 g/mol. The normalized spacial score (nSPS) is 11.6. The number of hydrogen-bond donors (Lipinski definition) is 2. The maximum absolute atomic E-state index is 12.9. The molecule has 3 N–H and O–H groups in total. The number of benzene rings is 1. The number of amides is 1. The number of nitrogens with zero attached hydrogens (tertiary/aromatic N) is 2.